The first kappa shape index (κ1) is 20.4. The highest BCUT2D eigenvalue weighted by atomic mass is 35.5. The fraction of sp³-hybridized carbons (Fsp3) is 0.474. The lowest BCUT2D eigenvalue weighted by atomic mass is 9.96. The molecule has 0 saturated carbocycles. The highest BCUT2D eigenvalue weighted by Gasteiger charge is 2.24. The highest BCUT2D eigenvalue weighted by molar-refractivity contribution is 5.94. The predicted octanol–water partition coefficient (Wildman–Crippen LogP) is 3.12. The number of benzene rings is 1. The maximum Gasteiger partial charge on any atom is 0.253 e. The quantitative estimate of drug-likeness (QED) is 0.886. The molecule has 3 rings (SSSR count). The SMILES string of the molecule is CNCC1CCN(C(=O)c2ccc(-n3nc(C)cc3C)c(F)c2)CC1.Cl. The van der Waals surface area contributed by atoms with Crippen LogP contribution in [-0.4, -0.2) is 47.3 Å². The first-order chi connectivity index (χ1) is 12.0. The molecule has 5 nitrogen and oxygen atoms in total. The third kappa shape index (κ3) is 4.24. The van der Waals surface area contributed by atoms with E-state index < -0.39 is 5.82 Å². The number of aryl methyl sites for hydroxylation is 2. The molecule has 142 valence electrons. The number of likely N-dealkylation sites (tertiary alicyclic amines) is 1. The van der Waals surface area contributed by atoms with Gasteiger partial charge in [-0.2, -0.15) is 5.10 Å². The second-order valence-corrected chi connectivity index (χ2v) is 6.80. The molecule has 1 saturated heterocycles. The Balaban J connectivity index is 0.00000243. The molecule has 1 aromatic carbocycles. The number of nitrogens with one attached hydrogen (secondary N) is 1. The van der Waals surface area contributed by atoms with Crippen molar-refractivity contribution in [2.45, 2.75) is 26.7 Å². The van der Waals surface area contributed by atoms with Crippen molar-refractivity contribution in [3.8, 4) is 5.69 Å². The number of hydrogen-bond donors (Lipinski definition) is 1. The number of piperidine rings is 1. The Labute approximate surface area is 160 Å². The number of carbonyl (C=O) groups excluding carboxylic acids is 1. The molecule has 0 atom stereocenters. The van der Waals surface area contributed by atoms with Crippen LogP contribution in [-0.2, 0) is 0 Å². The van der Waals surface area contributed by atoms with Crippen molar-refractivity contribution in [2.24, 2.45) is 5.92 Å². The van der Waals surface area contributed by atoms with E-state index in [1.807, 2.05) is 31.9 Å². The van der Waals surface area contributed by atoms with E-state index in [4.69, 9.17) is 0 Å². The molecule has 0 unspecified atom stereocenters. The largest absolute Gasteiger partial charge is 0.339 e. The maximum atomic E-state index is 14.6. The smallest absolute Gasteiger partial charge is 0.253 e. The van der Waals surface area contributed by atoms with Crippen LogP contribution in [0.2, 0.25) is 0 Å². The van der Waals surface area contributed by atoms with Crippen LogP contribution >= 0.6 is 12.4 Å². The molecule has 0 radical (unpaired) electrons. The van der Waals surface area contributed by atoms with Gasteiger partial charge in [-0.15, -0.1) is 12.4 Å². The molecule has 2 heterocycles. The molecule has 1 N–H and O–H groups in total. The second-order valence-electron chi connectivity index (χ2n) is 6.80. The average Bonchev–Trinajstić information content (AvgIpc) is 2.93. The van der Waals surface area contributed by atoms with Crippen LogP contribution in [0.3, 0.4) is 0 Å². The van der Waals surface area contributed by atoms with Crippen LogP contribution in [0.25, 0.3) is 5.69 Å². The molecular weight excluding hydrogens is 355 g/mol. The summed E-state index contributed by atoms with van der Waals surface area (Å²) in [5.74, 6) is 0.0861. The lowest BCUT2D eigenvalue weighted by Crippen LogP contribution is -2.40. The van der Waals surface area contributed by atoms with E-state index >= 15 is 0 Å². The van der Waals surface area contributed by atoms with Gasteiger partial charge in [0.25, 0.3) is 5.91 Å². The summed E-state index contributed by atoms with van der Waals surface area (Å²) in [6, 6.07) is 6.55. The molecule has 0 spiro atoms. The summed E-state index contributed by atoms with van der Waals surface area (Å²) in [6.07, 6.45) is 1.97. The monoisotopic (exact) mass is 380 g/mol. The van der Waals surface area contributed by atoms with Crippen LogP contribution in [0, 0.1) is 25.6 Å². The topological polar surface area (TPSA) is 50.2 Å². The third-order valence-corrected chi connectivity index (χ3v) is 4.83. The summed E-state index contributed by atoms with van der Waals surface area (Å²) in [7, 11) is 1.95. The fourth-order valence-corrected chi connectivity index (χ4v) is 3.50. The van der Waals surface area contributed by atoms with E-state index in [9.17, 15) is 9.18 Å². The van der Waals surface area contributed by atoms with Gasteiger partial charge in [-0.1, -0.05) is 0 Å². The van der Waals surface area contributed by atoms with Gasteiger partial charge in [0, 0.05) is 24.3 Å². The zero-order valence-electron chi connectivity index (χ0n) is 15.5. The van der Waals surface area contributed by atoms with Crippen molar-refractivity contribution >= 4 is 18.3 Å². The normalized spacial score (nSPS) is 15.0. The third-order valence-electron chi connectivity index (χ3n) is 4.83. The van der Waals surface area contributed by atoms with Gasteiger partial charge in [0.15, 0.2) is 0 Å². The summed E-state index contributed by atoms with van der Waals surface area (Å²) in [4.78, 5) is 14.5. The standard InChI is InChI=1S/C19H25FN4O.ClH/c1-13-10-14(2)24(22-13)18-5-4-16(11-17(18)20)19(25)23-8-6-15(7-9-23)12-21-3;/h4-5,10-11,15,21H,6-9,12H2,1-3H3;1H. The molecule has 1 aromatic heterocycles. The van der Waals surface area contributed by atoms with Gasteiger partial charge >= 0.3 is 0 Å². The van der Waals surface area contributed by atoms with Crippen LogP contribution in [0.15, 0.2) is 24.3 Å². The molecule has 7 heteroatoms. The molecule has 1 fully saturated rings. The van der Waals surface area contributed by atoms with Gasteiger partial charge < -0.3 is 10.2 Å². The van der Waals surface area contributed by atoms with E-state index in [0.29, 0.717) is 17.2 Å². The Morgan fingerprint density at radius 2 is 1.96 bits per heavy atom. The van der Waals surface area contributed by atoms with Crippen LogP contribution < -0.4 is 5.32 Å². The van der Waals surface area contributed by atoms with Gasteiger partial charge in [-0.25, -0.2) is 9.07 Å². The number of halogens is 2. The van der Waals surface area contributed by atoms with Gasteiger partial charge in [0.2, 0.25) is 0 Å². The fourth-order valence-electron chi connectivity index (χ4n) is 3.50. The molecule has 1 aliphatic heterocycles. The van der Waals surface area contributed by atoms with Gasteiger partial charge in [-0.3, -0.25) is 4.79 Å². The van der Waals surface area contributed by atoms with E-state index in [1.165, 1.54) is 6.07 Å². The Morgan fingerprint density at radius 3 is 2.50 bits per heavy atom. The van der Waals surface area contributed by atoms with Gasteiger partial charge in [0.05, 0.1) is 5.69 Å². The predicted molar refractivity (Wildman–Crippen MR) is 103 cm³/mol. The van der Waals surface area contributed by atoms with Crippen molar-refractivity contribution < 1.29 is 9.18 Å². The summed E-state index contributed by atoms with van der Waals surface area (Å²) in [5, 5.41) is 7.49. The summed E-state index contributed by atoms with van der Waals surface area (Å²) >= 11 is 0. The van der Waals surface area contributed by atoms with E-state index in [-0.39, 0.29) is 18.3 Å². The van der Waals surface area contributed by atoms with E-state index in [1.54, 1.807) is 16.8 Å². The van der Waals surface area contributed by atoms with E-state index in [2.05, 4.69) is 10.4 Å². The van der Waals surface area contributed by atoms with E-state index in [0.717, 1.165) is 43.9 Å². The Hall–Kier alpha value is -1.92. The lowest BCUT2D eigenvalue weighted by Gasteiger charge is -2.32. The maximum absolute atomic E-state index is 14.6. The van der Waals surface area contributed by atoms with Crippen molar-refractivity contribution in [3.05, 3.63) is 47.0 Å². The zero-order valence-corrected chi connectivity index (χ0v) is 16.3. The molecule has 1 amide bonds. The second kappa shape index (κ2) is 8.64. The van der Waals surface area contributed by atoms with Gasteiger partial charge in [0.1, 0.15) is 11.5 Å². The first-order valence-corrected chi connectivity index (χ1v) is 8.76. The molecule has 0 aliphatic carbocycles. The highest BCUT2D eigenvalue weighted by Crippen LogP contribution is 2.21. The number of amides is 1. The molecule has 2 aromatic rings. The van der Waals surface area contributed by atoms with Crippen LogP contribution in [0.1, 0.15) is 34.6 Å². The Morgan fingerprint density at radius 1 is 1.27 bits per heavy atom. The first-order valence-electron chi connectivity index (χ1n) is 8.76. The van der Waals surface area contributed by atoms with Crippen molar-refractivity contribution in [1.29, 1.82) is 0 Å². The zero-order chi connectivity index (χ0) is 18.0. The van der Waals surface area contributed by atoms with Crippen LogP contribution in [0.5, 0.6) is 0 Å². The number of aromatic nitrogens is 2. The number of hydrogen-bond acceptors (Lipinski definition) is 3. The summed E-state index contributed by atoms with van der Waals surface area (Å²) in [5.41, 5.74) is 2.47. The number of nitrogens with zero attached hydrogens (tertiary/aromatic N) is 3. The number of rotatable bonds is 4. The molecule has 26 heavy (non-hydrogen) atoms. The number of carbonyl (C=O) groups is 1. The average molecular weight is 381 g/mol. The molecular formula is C19H26ClFN4O. The molecule has 0 bridgehead atoms. The minimum atomic E-state index is -0.429. The van der Waals surface area contributed by atoms with Crippen molar-refractivity contribution in [3.63, 3.8) is 0 Å². The summed E-state index contributed by atoms with van der Waals surface area (Å²) < 4.78 is 16.1. The van der Waals surface area contributed by atoms with Crippen molar-refractivity contribution in [2.75, 3.05) is 26.7 Å². The van der Waals surface area contributed by atoms with Gasteiger partial charge in [-0.05, 0) is 70.5 Å². The Bertz CT molecular complexity index is 769. The summed E-state index contributed by atoms with van der Waals surface area (Å²) in [6.45, 7) is 6.19. The lowest BCUT2D eigenvalue weighted by molar-refractivity contribution is 0.0690. The Kier molecular flexibility index (Phi) is 6.78. The van der Waals surface area contributed by atoms with Crippen LogP contribution in [0.4, 0.5) is 4.39 Å². The van der Waals surface area contributed by atoms with Crippen molar-refractivity contribution in [1.82, 2.24) is 20.0 Å². The minimum absolute atomic E-state index is 0. The molecule has 1 aliphatic rings. The minimum Gasteiger partial charge on any atom is -0.339 e.